The first-order valence-corrected chi connectivity index (χ1v) is 7.13. The fourth-order valence-electron chi connectivity index (χ4n) is 1.99. The van der Waals surface area contributed by atoms with Crippen LogP contribution < -0.4 is 14.8 Å². The van der Waals surface area contributed by atoms with Gasteiger partial charge in [-0.2, -0.15) is 0 Å². The van der Waals surface area contributed by atoms with Crippen molar-refractivity contribution in [2.45, 2.75) is 19.1 Å². The lowest BCUT2D eigenvalue weighted by Gasteiger charge is -2.30. The largest absolute Gasteiger partial charge is 0.482 e. The molecule has 2 heterocycles. The van der Waals surface area contributed by atoms with Crippen molar-refractivity contribution in [1.82, 2.24) is 5.32 Å². The van der Waals surface area contributed by atoms with Gasteiger partial charge in [0.2, 0.25) is 6.10 Å². The minimum Gasteiger partial charge on any atom is -0.482 e. The van der Waals surface area contributed by atoms with Crippen molar-refractivity contribution in [2.24, 2.45) is 4.99 Å². The summed E-state index contributed by atoms with van der Waals surface area (Å²) in [6.45, 7) is 2.57. The van der Waals surface area contributed by atoms with E-state index in [4.69, 9.17) is 9.47 Å². The molecule has 0 saturated heterocycles. The van der Waals surface area contributed by atoms with Crippen molar-refractivity contribution < 1.29 is 14.3 Å². The third-order valence-electron chi connectivity index (χ3n) is 2.92. The molecule has 0 saturated carbocycles. The van der Waals surface area contributed by atoms with Crippen LogP contribution in [0.2, 0.25) is 0 Å². The third kappa shape index (κ3) is 2.53. The number of hydrogen-bond acceptors (Lipinski definition) is 5. The predicted octanol–water partition coefficient (Wildman–Crippen LogP) is 1.43. The number of nitrogens with one attached hydrogen (secondary N) is 1. The second-order valence-corrected chi connectivity index (χ2v) is 5.42. The van der Waals surface area contributed by atoms with E-state index in [1.54, 1.807) is 17.8 Å². The van der Waals surface area contributed by atoms with E-state index in [2.05, 4.69) is 10.3 Å². The van der Waals surface area contributed by atoms with Crippen LogP contribution in [0.4, 0.5) is 0 Å². The smallest absolute Gasteiger partial charge is 0.270 e. The van der Waals surface area contributed by atoms with Crippen molar-refractivity contribution in [3.63, 3.8) is 0 Å². The Kier molecular flexibility index (Phi) is 3.33. The van der Waals surface area contributed by atoms with Crippen LogP contribution in [0.1, 0.15) is 6.92 Å². The van der Waals surface area contributed by atoms with Crippen LogP contribution in [0, 0.1) is 0 Å². The Bertz CT molecular complexity index is 532. The van der Waals surface area contributed by atoms with Crippen LogP contribution in [-0.2, 0) is 4.79 Å². The summed E-state index contributed by atoms with van der Waals surface area (Å²) in [5, 5.41) is 3.45. The Balaban J connectivity index is 1.73. The van der Waals surface area contributed by atoms with E-state index in [0.29, 0.717) is 16.7 Å². The van der Waals surface area contributed by atoms with E-state index < -0.39 is 6.10 Å². The van der Waals surface area contributed by atoms with E-state index >= 15 is 0 Å². The lowest BCUT2D eigenvalue weighted by molar-refractivity contribution is -0.131. The number of thioether (sulfide) groups is 1. The maximum absolute atomic E-state index is 12.2. The molecule has 6 heteroatoms. The number of fused-ring (bicyclic) bond motifs is 1. The zero-order valence-corrected chi connectivity index (χ0v) is 11.3. The molecule has 2 aliphatic rings. The van der Waals surface area contributed by atoms with Crippen molar-refractivity contribution in [2.75, 3.05) is 12.3 Å². The van der Waals surface area contributed by atoms with Gasteiger partial charge in [-0.3, -0.25) is 9.79 Å². The number of para-hydroxylation sites is 2. The number of amides is 1. The number of rotatable bonds is 1. The Morgan fingerprint density at radius 2 is 2.11 bits per heavy atom. The van der Waals surface area contributed by atoms with Crippen LogP contribution in [0.15, 0.2) is 29.3 Å². The molecular formula is C13H14N2O3S. The van der Waals surface area contributed by atoms with E-state index in [1.165, 1.54) is 0 Å². The fraction of sp³-hybridized carbons (Fsp3) is 0.385. The van der Waals surface area contributed by atoms with Crippen molar-refractivity contribution >= 4 is 22.8 Å². The first-order valence-electron chi connectivity index (χ1n) is 6.14. The average Bonchev–Trinajstić information content (AvgIpc) is 2.90. The summed E-state index contributed by atoms with van der Waals surface area (Å²) in [5.41, 5.74) is 0. The molecule has 0 aromatic heterocycles. The number of aliphatic imine (C=N–C) groups is 1. The standard InChI is InChI=1S/C13H14N2O3S/c1-8-11(12(16)15-13-14-6-7-19-13)18-10-5-3-2-4-9(10)17-8/h2-5,8,11H,6-7H2,1H3,(H,14,15,16)/t8-,11+/m1/s1. The van der Waals surface area contributed by atoms with Crippen LogP contribution >= 0.6 is 11.8 Å². The molecule has 0 aliphatic carbocycles. The molecule has 0 unspecified atom stereocenters. The molecule has 19 heavy (non-hydrogen) atoms. The number of carbonyl (C=O) groups is 1. The second kappa shape index (κ2) is 5.13. The molecular weight excluding hydrogens is 264 g/mol. The topological polar surface area (TPSA) is 59.9 Å². The van der Waals surface area contributed by atoms with Gasteiger partial charge in [0.15, 0.2) is 16.7 Å². The molecule has 1 N–H and O–H groups in total. The lowest BCUT2D eigenvalue weighted by atomic mass is 10.1. The highest BCUT2D eigenvalue weighted by atomic mass is 32.2. The van der Waals surface area contributed by atoms with Crippen molar-refractivity contribution in [1.29, 1.82) is 0 Å². The number of nitrogens with zero attached hydrogens (tertiary/aromatic N) is 1. The maximum atomic E-state index is 12.2. The predicted molar refractivity (Wildman–Crippen MR) is 73.9 cm³/mol. The van der Waals surface area contributed by atoms with Gasteiger partial charge in [-0.1, -0.05) is 23.9 Å². The SMILES string of the molecule is C[C@H]1Oc2ccccc2O[C@@H]1C(=O)NC1=NCCS1. The molecule has 0 radical (unpaired) electrons. The quantitative estimate of drug-likeness (QED) is 0.844. The van der Waals surface area contributed by atoms with E-state index in [0.717, 1.165) is 12.3 Å². The van der Waals surface area contributed by atoms with Gasteiger partial charge in [0.25, 0.3) is 5.91 Å². The zero-order valence-electron chi connectivity index (χ0n) is 10.5. The molecule has 3 rings (SSSR count). The molecule has 2 atom stereocenters. The summed E-state index contributed by atoms with van der Waals surface area (Å²) in [4.78, 5) is 16.4. The molecule has 2 aliphatic heterocycles. The molecule has 0 bridgehead atoms. The average molecular weight is 278 g/mol. The summed E-state index contributed by atoms with van der Waals surface area (Å²) >= 11 is 1.54. The van der Waals surface area contributed by atoms with Gasteiger partial charge in [-0.05, 0) is 19.1 Å². The number of hydrogen-bond donors (Lipinski definition) is 1. The monoisotopic (exact) mass is 278 g/mol. The molecule has 1 aromatic rings. The minimum atomic E-state index is -0.654. The highest BCUT2D eigenvalue weighted by Crippen LogP contribution is 2.33. The van der Waals surface area contributed by atoms with Gasteiger partial charge in [0, 0.05) is 5.75 Å². The summed E-state index contributed by atoms with van der Waals surface area (Å²) in [6, 6.07) is 7.35. The zero-order chi connectivity index (χ0) is 13.2. The normalized spacial score (nSPS) is 24.8. The van der Waals surface area contributed by atoms with Crippen LogP contribution in [0.5, 0.6) is 11.5 Å². The second-order valence-electron chi connectivity index (χ2n) is 4.33. The van der Waals surface area contributed by atoms with Gasteiger partial charge in [-0.15, -0.1) is 0 Å². The summed E-state index contributed by atoms with van der Waals surface area (Å²) in [7, 11) is 0. The van der Waals surface area contributed by atoms with Gasteiger partial charge >= 0.3 is 0 Å². The Labute approximate surface area is 115 Å². The number of carbonyl (C=O) groups excluding carboxylic acids is 1. The third-order valence-corrected chi connectivity index (χ3v) is 3.81. The molecule has 1 amide bonds. The fourth-order valence-corrected chi connectivity index (χ4v) is 2.72. The van der Waals surface area contributed by atoms with E-state index in [-0.39, 0.29) is 12.0 Å². The summed E-state index contributed by atoms with van der Waals surface area (Å²) < 4.78 is 11.4. The van der Waals surface area contributed by atoms with Gasteiger partial charge in [-0.25, -0.2) is 0 Å². The first-order chi connectivity index (χ1) is 9.24. The van der Waals surface area contributed by atoms with Gasteiger partial charge < -0.3 is 14.8 Å². The van der Waals surface area contributed by atoms with E-state index in [1.807, 2.05) is 25.1 Å². The Morgan fingerprint density at radius 3 is 2.79 bits per heavy atom. The molecule has 1 aromatic carbocycles. The number of ether oxygens (including phenoxy) is 2. The van der Waals surface area contributed by atoms with E-state index in [9.17, 15) is 4.79 Å². The first kappa shape index (κ1) is 12.3. The maximum Gasteiger partial charge on any atom is 0.270 e. The van der Waals surface area contributed by atoms with Crippen LogP contribution in [0.3, 0.4) is 0 Å². The number of amidine groups is 1. The Hall–Kier alpha value is -1.69. The van der Waals surface area contributed by atoms with Crippen LogP contribution in [-0.4, -0.2) is 35.6 Å². The summed E-state index contributed by atoms with van der Waals surface area (Å²) in [6.07, 6.45) is -0.985. The van der Waals surface area contributed by atoms with Crippen molar-refractivity contribution in [3.05, 3.63) is 24.3 Å². The molecule has 5 nitrogen and oxygen atoms in total. The molecule has 100 valence electrons. The highest BCUT2D eigenvalue weighted by Gasteiger charge is 2.34. The lowest BCUT2D eigenvalue weighted by Crippen LogP contribution is -2.49. The van der Waals surface area contributed by atoms with Crippen LogP contribution in [0.25, 0.3) is 0 Å². The van der Waals surface area contributed by atoms with Gasteiger partial charge in [0.05, 0.1) is 6.54 Å². The minimum absolute atomic E-state index is 0.213. The van der Waals surface area contributed by atoms with Crippen molar-refractivity contribution in [3.8, 4) is 11.5 Å². The number of benzene rings is 1. The molecule has 0 spiro atoms. The molecule has 0 fully saturated rings. The highest BCUT2D eigenvalue weighted by molar-refractivity contribution is 8.14. The van der Waals surface area contributed by atoms with Gasteiger partial charge in [0.1, 0.15) is 6.10 Å². The Morgan fingerprint density at radius 1 is 1.37 bits per heavy atom. The summed E-state index contributed by atoms with van der Waals surface area (Å²) in [5.74, 6) is 1.97.